The van der Waals surface area contributed by atoms with Crippen LogP contribution < -0.4 is 4.18 Å². The van der Waals surface area contributed by atoms with Crippen LogP contribution in [0.1, 0.15) is 49.7 Å². The van der Waals surface area contributed by atoms with Crippen molar-refractivity contribution < 1.29 is 17.4 Å². The van der Waals surface area contributed by atoms with Crippen LogP contribution in [-0.4, -0.2) is 44.5 Å². The number of likely N-dealkylation sites (tertiary alicyclic amines) is 1. The molecule has 4 aliphatic rings. The maximum absolute atomic E-state index is 12.5. The molecule has 2 saturated carbocycles. The standard InChI is InChI=1S/C21H27NO4S/c1-27(24,25)26-17-6-4-15-10-20-18-7-5-16(23)12-21(18,19(15)11-17)8-9-22(20)13-14-2-3-14/h4,6,11,14,18,20H,2-3,5,7-10,12-13H2,1H3/t18-,20+,21-/m0/s1. The molecule has 1 saturated heterocycles. The minimum absolute atomic E-state index is 0.134. The van der Waals surface area contributed by atoms with Crippen LogP contribution in [-0.2, 0) is 26.7 Å². The first kappa shape index (κ1) is 17.7. The molecule has 3 aliphatic carbocycles. The van der Waals surface area contributed by atoms with Crippen LogP contribution in [0.4, 0.5) is 0 Å². The van der Waals surface area contributed by atoms with E-state index in [1.807, 2.05) is 12.1 Å². The third kappa shape index (κ3) is 3.11. The first-order valence-electron chi connectivity index (χ1n) is 10.1. The van der Waals surface area contributed by atoms with Crippen LogP contribution in [0.3, 0.4) is 0 Å². The van der Waals surface area contributed by atoms with Crippen LogP contribution in [0.15, 0.2) is 18.2 Å². The highest BCUT2D eigenvalue weighted by molar-refractivity contribution is 7.86. The number of ketones is 1. The summed E-state index contributed by atoms with van der Waals surface area (Å²) >= 11 is 0. The van der Waals surface area contributed by atoms with E-state index >= 15 is 0 Å². The van der Waals surface area contributed by atoms with E-state index in [1.54, 1.807) is 6.07 Å². The number of hydrogen-bond donors (Lipinski definition) is 0. The van der Waals surface area contributed by atoms with Gasteiger partial charge in [-0.1, -0.05) is 6.07 Å². The van der Waals surface area contributed by atoms with Gasteiger partial charge in [-0.2, -0.15) is 8.42 Å². The topological polar surface area (TPSA) is 63.7 Å². The van der Waals surface area contributed by atoms with Gasteiger partial charge in [0, 0.05) is 30.8 Å². The molecule has 1 aromatic rings. The molecule has 1 heterocycles. The normalized spacial score (nSPS) is 33.3. The molecule has 0 N–H and O–H groups in total. The molecule has 27 heavy (non-hydrogen) atoms. The Bertz CT molecular complexity index is 891. The highest BCUT2D eigenvalue weighted by Crippen LogP contribution is 2.56. The van der Waals surface area contributed by atoms with Crippen molar-refractivity contribution in [2.24, 2.45) is 11.8 Å². The molecule has 0 radical (unpaired) electrons. The summed E-state index contributed by atoms with van der Waals surface area (Å²) in [5.74, 6) is 2.09. The summed E-state index contributed by atoms with van der Waals surface area (Å²) in [5, 5.41) is 0. The quantitative estimate of drug-likeness (QED) is 0.741. The van der Waals surface area contributed by atoms with Crippen LogP contribution in [0.25, 0.3) is 0 Å². The molecule has 5 nitrogen and oxygen atoms in total. The Labute approximate surface area is 161 Å². The fourth-order valence-corrected chi connectivity index (χ4v) is 6.42. The van der Waals surface area contributed by atoms with Gasteiger partial charge in [-0.05, 0) is 73.7 Å². The molecule has 2 bridgehead atoms. The smallest absolute Gasteiger partial charge is 0.306 e. The average molecular weight is 390 g/mol. The lowest BCUT2D eigenvalue weighted by atomic mass is 9.52. The molecule has 5 rings (SSSR count). The minimum atomic E-state index is -3.56. The molecule has 0 amide bonds. The predicted molar refractivity (Wildman–Crippen MR) is 102 cm³/mol. The van der Waals surface area contributed by atoms with E-state index in [9.17, 15) is 13.2 Å². The van der Waals surface area contributed by atoms with Gasteiger partial charge >= 0.3 is 10.1 Å². The van der Waals surface area contributed by atoms with Crippen molar-refractivity contribution in [3.8, 4) is 5.75 Å². The van der Waals surface area contributed by atoms with Crippen molar-refractivity contribution in [3.63, 3.8) is 0 Å². The number of carbonyl (C=O) groups is 1. The fourth-order valence-electron chi connectivity index (χ4n) is 5.97. The number of hydrogen-bond acceptors (Lipinski definition) is 5. The summed E-state index contributed by atoms with van der Waals surface area (Å²) in [7, 11) is -3.56. The average Bonchev–Trinajstić information content (AvgIpc) is 3.40. The maximum Gasteiger partial charge on any atom is 0.306 e. The zero-order chi connectivity index (χ0) is 18.8. The van der Waals surface area contributed by atoms with Gasteiger partial charge in [0.2, 0.25) is 0 Å². The molecule has 3 atom stereocenters. The van der Waals surface area contributed by atoms with Crippen LogP contribution in [0.2, 0.25) is 0 Å². The van der Waals surface area contributed by atoms with Gasteiger partial charge in [-0.25, -0.2) is 0 Å². The molecule has 3 fully saturated rings. The first-order valence-corrected chi connectivity index (χ1v) is 11.9. The SMILES string of the molecule is CS(=O)(=O)Oc1ccc2c(c1)[C@]13CCN(CC4CC4)[C@H](C2)[C@@H]1CCC(=O)C3. The highest BCUT2D eigenvalue weighted by atomic mass is 32.2. The molecule has 6 heteroatoms. The molecule has 1 aromatic carbocycles. The molecule has 0 spiro atoms. The van der Waals surface area contributed by atoms with Crippen molar-refractivity contribution in [2.45, 2.75) is 56.4 Å². The lowest BCUT2D eigenvalue weighted by Gasteiger charge is -2.58. The number of nitrogens with zero attached hydrogens (tertiary/aromatic N) is 1. The van der Waals surface area contributed by atoms with E-state index in [0.717, 1.165) is 38.0 Å². The molecular formula is C21H27NO4S. The van der Waals surface area contributed by atoms with E-state index in [-0.39, 0.29) is 5.41 Å². The summed E-state index contributed by atoms with van der Waals surface area (Å²) in [6.45, 7) is 2.25. The molecule has 1 aliphatic heterocycles. The Kier molecular flexibility index (Phi) is 3.96. The summed E-state index contributed by atoms with van der Waals surface area (Å²) in [4.78, 5) is 15.2. The van der Waals surface area contributed by atoms with Crippen molar-refractivity contribution in [1.29, 1.82) is 0 Å². The number of Topliss-reactive ketones (excluding diaryl/α,β-unsaturated/α-hetero) is 1. The second-order valence-electron chi connectivity index (χ2n) is 9.08. The fraction of sp³-hybridized carbons (Fsp3) is 0.667. The monoisotopic (exact) mass is 389 g/mol. The number of piperidine rings is 1. The van der Waals surface area contributed by atoms with E-state index in [1.165, 1.54) is 30.5 Å². The van der Waals surface area contributed by atoms with Crippen molar-refractivity contribution in [1.82, 2.24) is 4.90 Å². The summed E-state index contributed by atoms with van der Waals surface area (Å²) in [6.07, 6.45) is 8.03. The molecule has 0 unspecified atom stereocenters. The van der Waals surface area contributed by atoms with Gasteiger partial charge in [0.15, 0.2) is 0 Å². The Morgan fingerprint density at radius 1 is 1.26 bits per heavy atom. The number of fused-ring (bicyclic) bond motifs is 1. The van der Waals surface area contributed by atoms with Gasteiger partial charge in [-0.15, -0.1) is 0 Å². The lowest BCUT2D eigenvalue weighted by molar-refractivity contribution is -0.127. The first-order chi connectivity index (χ1) is 12.8. The van der Waals surface area contributed by atoms with Crippen molar-refractivity contribution >= 4 is 15.9 Å². The van der Waals surface area contributed by atoms with E-state index in [0.29, 0.717) is 36.3 Å². The summed E-state index contributed by atoms with van der Waals surface area (Å²) < 4.78 is 28.3. The second-order valence-corrected chi connectivity index (χ2v) is 10.7. The predicted octanol–water partition coefficient (Wildman–Crippen LogP) is 2.67. The van der Waals surface area contributed by atoms with Gasteiger partial charge in [0.25, 0.3) is 0 Å². The van der Waals surface area contributed by atoms with Crippen LogP contribution in [0.5, 0.6) is 5.75 Å². The van der Waals surface area contributed by atoms with Gasteiger partial charge in [0.1, 0.15) is 11.5 Å². The Hall–Kier alpha value is -1.40. The largest absolute Gasteiger partial charge is 0.383 e. The van der Waals surface area contributed by atoms with Gasteiger partial charge in [-0.3, -0.25) is 9.69 Å². The molecule has 146 valence electrons. The maximum atomic E-state index is 12.5. The zero-order valence-electron chi connectivity index (χ0n) is 15.8. The summed E-state index contributed by atoms with van der Waals surface area (Å²) in [5.41, 5.74) is 2.31. The van der Waals surface area contributed by atoms with Crippen LogP contribution >= 0.6 is 0 Å². The number of rotatable bonds is 4. The van der Waals surface area contributed by atoms with Crippen molar-refractivity contribution in [2.75, 3.05) is 19.3 Å². The van der Waals surface area contributed by atoms with Crippen LogP contribution in [0, 0.1) is 11.8 Å². The third-order valence-corrected chi connectivity index (χ3v) is 7.71. The zero-order valence-corrected chi connectivity index (χ0v) is 16.6. The van der Waals surface area contributed by atoms with E-state index in [4.69, 9.17) is 4.18 Å². The summed E-state index contributed by atoms with van der Waals surface area (Å²) in [6, 6.07) is 6.22. The minimum Gasteiger partial charge on any atom is -0.383 e. The third-order valence-electron chi connectivity index (χ3n) is 7.22. The highest BCUT2D eigenvalue weighted by Gasteiger charge is 2.55. The lowest BCUT2D eigenvalue weighted by Crippen LogP contribution is -2.62. The Morgan fingerprint density at radius 2 is 2.07 bits per heavy atom. The van der Waals surface area contributed by atoms with Gasteiger partial charge < -0.3 is 4.18 Å². The van der Waals surface area contributed by atoms with Gasteiger partial charge in [0.05, 0.1) is 6.26 Å². The number of benzene rings is 1. The Balaban J connectivity index is 1.56. The molecule has 0 aromatic heterocycles. The number of carbonyl (C=O) groups excluding carboxylic acids is 1. The Morgan fingerprint density at radius 3 is 2.81 bits per heavy atom. The van der Waals surface area contributed by atoms with E-state index in [2.05, 4.69) is 4.90 Å². The second kappa shape index (κ2) is 6.05. The van der Waals surface area contributed by atoms with Crippen molar-refractivity contribution in [3.05, 3.63) is 29.3 Å². The molecular weight excluding hydrogens is 362 g/mol. The van der Waals surface area contributed by atoms with E-state index < -0.39 is 10.1 Å².